The first kappa shape index (κ1) is 18.4. The molecule has 1 aliphatic rings. The summed E-state index contributed by atoms with van der Waals surface area (Å²) in [5, 5.41) is 6.79. The summed E-state index contributed by atoms with van der Waals surface area (Å²) in [6, 6.07) is 18.2. The largest absolute Gasteiger partial charge is 0.361 e. The molecule has 0 unspecified atom stereocenters. The van der Waals surface area contributed by atoms with E-state index >= 15 is 0 Å². The van der Waals surface area contributed by atoms with Gasteiger partial charge < -0.3 is 9.84 Å². The molecular formula is C23H25N3O2. The molecule has 1 aliphatic heterocycles. The molecule has 0 saturated carbocycles. The minimum atomic E-state index is -0.117. The maximum Gasteiger partial charge on any atom is 0.251 e. The number of carbonyl (C=O) groups excluding carboxylic acids is 1. The van der Waals surface area contributed by atoms with E-state index in [0.29, 0.717) is 12.1 Å². The average molecular weight is 375 g/mol. The van der Waals surface area contributed by atoms with E-state index in [1.54, 1.807) is 0 Å². The Morgan fingerprint density at radius 2 is 1.86 bits per heavy atom. The Hall–Kier alpha value is -2.92. The van der Waals surface area contributed by atoms with Crippen LogP contribution in [0.3, 0.4) is 0 Å². The Kier molecular flexibility index (Phi) is 5.53. The molecule has 2 heterocycles. The van der Waals surface area contributed by atoms with E-state index in [1.807, 2.05) is 37.3 Å². The van der Waals surface area contributed by atoms with Crippen LogP contribution in [-0.4, -0.2) is 29.1 Å². The molecule has 1 fully saturated rings. The Morgan fingerprint density at radius 1 is 1.07 bits per heavy atom. The number of nitrogens with one attached hydrogen (secondary N) is 1. The Balaban J connectivity index is 1.41. The van der Waals surface area contributed by atoms with Gasteiger partial charge in [0.1, 0.15) is 11.5 Å². The molecule has 28 heavy (non-hydrogen) atoms. The van der Waals surface area contributed by atoms with Gasteiger partial charge in [-0.25, -0.2) is 0 Å². The highest BCUT2D eigenvalue weighted by Gasteiger charge is 2.12. The van der Waals surface area contributed by atoms with Crippen molar-refractivity contribution in [1.29, 1.82) is 0 Å². The monoisotopic (exact) mass is 375 g/mol. The minimum Gasteiger partial charge on any atom is -0.361 e. The maximum absolute atomic E-state index is 12.5. The van der Waals surface area contributed by atoms with Gasteiger partial charge in [0.25, 0.3) is 5.91 Å². The summed E-state index contributed by atoms with van der Waals surface area (Å²) >= 11 is 0. The van der Waals surface area contributed by atoms with Crippen molar-refractivity contribution in [2.24, 2.45) is 0 Å². The topological polar surface area (TPSA) is 58.4 Å². The van der Waals surface area contributed by atoms with Gasteiger partial charge in [-0.15, -0.1) is 0 Å². The third-order valence-electron chi connectivity index (χ3n) is 5.12. The van der Waals surface area contributed by atoms with E-state index in [2.05, 4.69) is 39.6 Å². The zero-order valence-electron chi connectivity index (χ0n) is 16.1. The smallest absolute Gasteiger partial charge is 0.251 e. The van der Waals surface area contributed by atoms with E-state index in [0.717, 1.165) is 29.1 Å². The number of hydrogen-bond donors (Lipinski definition) is 1. The van der Waals surface area contributed by atoms with E-state index in [1.165, 1.54) is 31.5 Å². The molecular weight excluding hydrogens is 350 g/mol. The molecule has 0 aliphatic carbocycles. The number of likely N-dealkylation sites (tertiary alicyclic amines) is 1. The van der Waals surface area contributed by atoms with Crippen LogP contribution in [0.15, 0.2) is 59.1 Å². The molecule has 2 aromatic carbocycles. The number of rotatable bonds is 6. The van der Waals surface area contributed by atoms with Crippen LogP contribution in [0.25, 0.3) is 11.1 Å². The Labute approximate surface area is 165 Å². The van der Waals surface area contributed by atoms with Crippen molar-refractivity contribution < 1.29 is 9.32 Å². The lowest BCUT2D eigenvalue weighted by Crippen LogP contribution is -2.22. The lowest BCUT2D eigenvalue weighted by molar-refractivity contribution is 0.0950. The summed E-state index contributed by atoms with van der Waals surface area (Å²) in [5.41, 5.74) is 4.85. The predicted molar refractivity (Wildman–Crippen MR) is 109 cm³/mol. The lowest BCUT2D eigenvalue weighted by atomic mass is 10.0. The van der Waals surface area contributed by atoms with Crippen molar-refractivity contribution in [1.82, 2.24) is 15.4 Å². The van der Waals surface area contributed by atoms with Crippen LogP contribution in [0.5, 0.6) is 0 Å². The zero-order valence-corrected chi connectivity index (χ0v) is 16.1. The first-order valence-corrected chi connectivity index (χ1v) is 9.79. The molecule has 0 bridgehead atoms. The van der Waals surface area contributed by atoms with Gasteiger partial charge in [-0.3, -0.25) is 9.69 Å². The first-order valence-electron chi connectivity index (χ1n) is 9.79. The molecule has 3 aromatic rings. The molecule has 144 valence electrons. The van der Waals surface area contributed by atoms with Gasteiger partial charge in [0.2, 0.25) is 0 Å². The fraction of sp³-hybridized carbons (Fsp3) is 0.304. The first-order chi connectivity index (χ1) is 13.7. The summed E-state index contributed by atoms with van der Waals surface area (Å²) in [6.07, 6.45) is 2.62. The van der Waals surface area contributed by atoms with E-state index < -0.39 is 0 Å². The fourth-order valence-electron chi connectivity index (χ4n) is 3.62. The van der Waals surface area contributed by atoms with E-state index in [9.17, 15) is 4.79 Å². The summed E-state index contributed by atoms with van der Waals surface area (Å²) in [6.45, 7) is 5.60. The van der Waals surface area contributed by atoms with Crippen molar-refractivity contribution in [3.05, 3.63) is 77.2 Å². The third-order valence-corrected chi connectivity index (χ3v) is 5.12. The normalized spacial score (nSPS) is 14.3. The fourth-order valence-corrected chi connectivity index (χ4v) is 3.62. The van der Waals surface area contributed by atoms with Crippen LogP contribution >= 0.6 is 0 Å². The second kappa shape index (κ2) is 8.40. The summed E-state index contributed by atoms with van der Waals surface area (Å²) in [7, 11) is 0. The number of aryl methyl sites for hydroxylation is 1. The maximum atomic E-state index is 12.5. The minimum absolute atomic E-state index is 0.117. The number of carbonyl (C=O) groups is 1. The molecule has 1 aromatic heterocycles. The van der Waals surface area contributed by atoms with Crippen LogP contribution in [-0.2, 0) is 13.1 Å². The lowest BCUT2D eigenvalue weighted by Gasteiger charge is -2.14. The second-order valence-electron chi connectivity index (χ2n) is 7.37. The van der Waals surface area contributed by atoms with Crippen molar-refractivity contribution >= 4 is 5.91 Å². The van der Waals surface area contributed by atoms with E-state index in [4.69, 9.17) is 4.52 Å². The number of benzene rings is 2. The molecule has 4 rings (SSSR count). The summed E-state index contributed by atoms with van der Waals surface area (Å²) in [5.74, 6) is 0.618. The summed E-state index contributed by atoms with van der Waals surface area (Å²) in [4.78, 5) is 15.0. The van der Waals surface area contributed by atoms with Crippen LogP contribution in [0.2, 0.25) is 0 Å². The van der Waals surface area contributed by atoms with Crippen molar-refractivity contribution in [2.45, 2.75) is 32.9 Å². The Bertz CT molecular complexity index is 940. The Morgan fingerprint density at radius 3 is 2.57 bits per heavy atom. The summed E-state index contributed by atoms with van der Waals surface area (Å²) < 4.78 is 5.03. The van der Waals surface area contributed by atoms with Gasteiger partial charge in [0, 0.05) is 18.2 Å². The standard InChI is InChI=1S/C23H25N3O2/c1-17-13-22(25-28-17)15-24-23(27)21-6-4-5-20(14-21)19-9-7-18(8-10-19)16-26-11-2-3-12-26/h4-10,13-14H,2-3,11-12,15-16H2,1H3,(H,24,27). The van der Waals surface area contributed by atoms with Crippen molar-refractivity contribution in [3.8, 4) is 11.1 Å². The quantitative estimate of drug-likeness (QED) is 0.702. The molecule has 0 radical (unpaired) electrons. The third kappa shape index (κ3) is 4.49. The SMILES string of the molecule is Cc1cc(CNC(=O)c2cccc(-c3ccc(CN4CCCC4)cc3)c2)no1. The molecule has 5 nitrogen and oxygen atoms in total. The number of nitrogens with zero attached hydrogens (tertiary/aromatic N) is 2. The van der Waals surface area contributed by atoms with Gasteiger partial charge in [-0.05, 0) is 61.7 Å². The molecule has 1 amide bonds. The zero-order chi connectivity index (χ0) is 19.3. The molecule has 0 atom stereocenters. The van der Waals surface area contributed by atoms with Gasteiger partial charge in [0.05, 0.1) is 6.54 Å². The highest BCUT2D eigenvalue weighted by molar-refractivity contribution is 5.95. The van der Waals surface area contributed by atoms with Crippen LogP contribution in [0.4, 0.5) is 0 Å². The van der Waals surface area contributed by atoms with Crippen molar-refractivity contribution in [3.63, 3.8) is 0 Å². The average Bonchev–Trinajstić information content (AvgIpc) is 3.38. The van der Waals surface area contributed by atoms with Crippen LogP contribution in [0, 0.1) is 6.92 Å². The highest BCUT2D eigenvalue weighted by Crippen LogP contribution is 2.22. The molecule has 1 saturated heterocycles. The van der Waals surface area contributed by atoms with E-state index in [-0.39, 0.29) is 5.91 Å². The predicted octanol–water partition coefficient (Wildman–Crippen LogP) is 4.18. The van der Waals surface area contributed by atoms with Gasteiger partial charge in [-0.1, -0.05) is 41.6 Å². The van der Waals surface area contributed by atoms with Crippen molar-refractivity contribution in [2.75, 3.05) is 13.1 Å². The van der Waals surface area contributed by atoms with Gasteiger partial charge in [-0.2, -0.15) is 0 Å². The molecule has 1 N–H and O–H groups in total. The molecule has 0 spiro atoms. The second-order valence-corrected chi connectivity index (χ2v) is 7.37. The van der Waals surface area contributed by atoms with Crippen LogP contribution < -0.4 is 5.32 Å². The molecule has 5 heteroatoms. The number of hydrogen-bond acceptors (Lipinski definition) is 4. The highest BCUT2D eigenvalue weighted by atomic mass is 16.5. The number of amides is 1. The number of aromatic nitrogens is 1. The van der Waals surface area contributed by atoms with Gasteiger partial charge in [0.15, 0.2) is 0 Å². The van der Waals surface area contributed by atoms with Crippen LogP contribution in [0.1, 0.15) is 40.2 Å². The van der Waals surface area contributed by atoms with Gasteiger partial charge >= 0.3 is 0 Å².